The molecule has 114 valence electrons. The molecule has 0 bridgehead atoms. The van der Waals surface area contributed by atoms with Crippen LogP contribution in [-0.4, -0.2) is 35.1 Å². The first-order chi connectivity index (χ1) is 8.88. The zero-order valence-electron chi connectivity index (χ0n) is 12.9. The van der Waals surface area contributed by atoms with Crippen molar-refractivity contribution in [3.63, 3.8) is 0 Å². The van der Waals surface area contributed by atoms with Gasteiger partial charge in [0.05, 0.1) is 5.92 Å². The lowest BCUT2D eigenvalue weighted by Crippen LogP contribution is -2.44. The molecule has 1 fully saturated rings. The molecule has 0 spiro atoms. The number of hydrogen-bond donors (Lipinski definition) is 1. The fourth-order valence-corrected chi connectivity index (χ4v) is 1.74. The molecule has 0 heterocycles. The van der Waals surface area contributed by atoms with Crippen LogP contribution in [0.25, 0.3) is 0 Å². The van der Waals surface area contributed by atoms with Crippen molar-refractivity contribution in [2.45, 2.75) is 64.7 Å². The summed E-state index contributed by atoms with van der Waals surface area (Å²) in [5, 5.41) is 2.46. The van der Waals surface area contributed by atoms with Crippen molar-refractivity contribution in [1.29, 1.82) is 0 Å². The first-order valence-electron chi connectivity index (χ1n) is 6.59. The van der Waals surface area contributed by atoms with Crippen LogP contribution in [-0.2, 0) is 19.1 Å². The number of aldehydes is 1. The number of carbonyl (C=O) groups excluding carboxylic acids is 3. The van der Waals surface area contributed by atoms with Gasteiger partial charge in [0, 0.05) is 0 Å². The fraction of sp³-hybridized carbons (Fsp3) is 0.786. The van der Waals surface area contributed by atoms with Crippen molar-refractivity contribution in [2.24, 2.45) is 5.92 Å². The maximum Gasteiger partial charge on any atom is 0.408 e. The Balaban J connectivity index is 2.63. The monoisotopic (exact) mass is 285 g/mol. The third-order valence-electron chi connectivity index (χ3n) is 2.64. The molecule has 2 atom stereocenters. The summed E-state index contributed by atoms with van der Waals surface area (Å²) >= 11 is 0. The Hall–Kier alpha value is -1.59. The molecular weight excluding hydrogens is 262 g/mol. The Morgan fingerprint density at radius 3 is 2.00 bits per heavy atom. The van der Waals surface area contributed by atoms with E-state index in [1.807, 2.05) is 0 Å². The summed E-state index contributed by atoms with van der Waals surface area (Å²) in [6.07, 6.45) is 0.103. The number of carbonyl (C=O) groups is 3. The normalized spacial score (nSPS) is 25.6. The molecular formula is C14H23NO5. The Morgan fingerprint density at radius 1 is 1.10 bits per heavy atom. The number of esters is 1. The third-order valence-corrected chi connectivity index (χ3v) is 2.64. The van der Waals surface area contributed by atoms with E-state index in [-0.39, 0.29) is 6.42 Å². The van der Waals surface area contributed by atoms with Crippen molar-refractivity contribution in [2.75, 3.05) is 0 Å². The molecule has 1 N–H and O–H groups in total. The number of ether oxygens (including phenoxy) is 2. The van der Waals surface area contributed by atoms with Gasteiger partial charge in [-0.1, -0.05) is 0 Å². The number of alkyl carbamates (subject to hydrolysis) is 1. The highest BCUT2D eigenvalue weighted by atomic mass is 16.6. The molecule has 0 aliphatic heterocycles. The maximum atomic E-state index is 11.9. The lowest BCUT2D eigenvalue weighted by atomic mass is 10.2. The van der Waals surface area contributed by atoms with E-state index < -0.39 is 34.7 Å². The standard InChI is InChI=1S/C14H23NO5/c1-12(2,3)19-10(17)9-7-14(9,8-16)15-11(18)20-13(4,5)6/h8-9H,7H2,1-6H3,(H,15,18). The molecule has 1 amide bonds. The van der Waals surface area contributed by atoms with Gasteiger partial charge < -0.3 is 19.6 Å². The largest absolute Gasteiger partial charge is 0.460 e. The van der Waals surface area contributed by atoms with Gasteiger partial charge in [0.1, 0.15) is 23.0 Å². The zero-order chi connectivity index (χ0) is 15.8. The van der Waals surface area contributed by atoms with Crippen LogP contribution in [0.1, 0.15) is 48.0 Å². The van der Waals surface area contributed by atoms with E-state index in [2.05, 4.69) is 5.32 Å². The summed E-state index contributed by atoms with van der Waals surface area (Å²) in [6, 6.07) is 0. The highest BCUT2D eigenvalue weighted by molar-refractivity contribution is 5.91. The predicted octanol–water partition coefficient (Wildman–Crippen LogP) is 1.81. The van der Waals surface area contributed by atoms with Crippen molar-refractivity contribution < 1.29 is 23.9 Å². The van der Waals surface area contributed by atoms with Crippen LogP contribution in [0.3, 0.4) is 0 Å². The van der Waals surface area contributed by atoms with E-state index >= 15 is 0 Å². The van der Waals surface area contributed by atoms with Gasteiger partial charge in [0.15, 0.2) is 0 Å². The number of hydrogen-bond acceptors (Lipinski definition) is 5. The molecule has 1 rings (SSSR count). The molecule has 0 aromatic carbocycles. The van der Waals surface area contributed by atoms with Gasteiger partial charge in [-0.15, -0.1) is 0 Å². The number of amides is 1. The van der Waals surface area contributed by atoms with Crippen LogP contribution < -0.4 is 5.32 Å². The highest BCUT2D eigenvalue weighted by Crippen LogP contribution is 2.43. The Morgan fingerprint density at radius 2 is 1.60 bits per heavy atom. The van der Waals surface area contributed by atoms with E-state index in [0.29, 0.717) is 6.29 Å². The van der Waals surface area contributed by atoms with Crippen molar-refractivity contribution in [1.82, 2.24) is 5.32 Å². The molecule has 1 saturated carbocycles. The fourth-order valence-electron chi connectivity index (χ4n) is 1.74. The van der Waals surface area contributed by atoms with Gasteiger partial charge >= 0.3 is 12.1 Å². The molecule has 0 saturated heterocycles. The van der Waals surface area contributed by atoms with Gasteiger partial charge in [-0.2, -0.15) is 0 Å². The minimum atomic E-state index is -1.19. The average Bonchev–Trinajstić information content (AvgIpc) is 2.87. The second-order valence-electron chi connectivity index (χ2n) is 7.08. The van der Waals surface area contributed by atoms with Crippen molar-refractivity contribution in [3.05, 3.63) is 0 Å². The summed E-state index contributed by atoms with van der Waals surface area (Å²) < 4.78 is 10.3. The summed E-state index contributed by atoms with van der Waals surface area (Å²) in [7, 11) is 0. The Bertz CT molecular complexity index is 418. The predicted molar refractivity (Wildman–Crippen MR) is 72.1 cm³/mol. The van der Waals surface area contributed by atoms with Crippen molar-refractivity contribution >= 4 is 18.3 Å². The summed E-state index contributed by atoms with van der Waals surface area (Å²) in [4.78, 5) is 34.8. The molecule has 0 aromatic heterocycles. The lowest BCUT2D eigenvalue weighted by Gasteiger charge is -2.22. The van der Waals surface area contributed by atoms with Crippen LogP contribution in [0.5, 0.6) is 0 Å². The zero-order valence-corrected chi connectivity index (χ0v) is 12.9. The van der Waals surface area contributed by atoms with E-state index in [4.69, 9.17) is 9.47 Å². The first-order valence-corrected chi connectivity index (χ1v) is 6.59. The average molecular weight is 285 g/mol. The quantitative estimate of drug-likeness (QED) is 0.631. The molecule has 1 aliphatic rings. The van der Waals surface area contributed by atoms with Gasteiger partial charge in [0.25, 0.3) is 0 Å². The summed E-state index contributed by atoms with van der Waals surface area (Å²) in [6.45, 7) is 10.4. The molecule has 0 radical (unpaired) electrons. The van der Waals surface area contributed by atoms with Crippen LogP contribution in [0.4, 0.5) is 4.79 Å². The minimum absolute atomic E-state index is 0.241. The Labute approximate surface area is 119 Å². The number of rotatable bonds is 3. The van der Waals surface area contributed by atoms with Gasteiger partial charge in [-0.25, -0.2) is 4.79 Å². The third kappa shape index (κ3) is 4.51. The molecule has 20 heavy (non-hydrogen) atoms. The second kappa shape index (κ2) is 5.07. The minimum Gasteiger partial charge on any atom is -0.460 e. The van der Waals surface area contributed by atoms with E-state index in [0.717, 1.165) is 0 Å². The van der Waals surface area contributed by atoms with Gasteiger partial charge in [0.2, 0.25) is 0 Å². The Kier molecular flexibility index (Phi) is 4.17. The smallest absolute Gasteiger partial charge is 0.408 e. The first kappa shape index (κ1) is 16.5. The molecule has 0 aromatic rings. The van der Waals surface area contributed by atoms with Crippen LogP contribution in [0, 0.1) is 5.92 Å². The van der Waals surface area contributed by atoms with Crippen LogP contribution in [0.15, 0.2) is 0 Å². The second-order valence-corrected chi connectivity index (χ2v) is 7.08. The van der Waals surface area contributed by atoms with E-state index in [1.165, 1.54) is 0 Å². The van der Waals surface area contributed by atoms with E-state index in [1.54, 1.807) is 41.5 Å². The molecule has 1 aliphatic carbocycles. The van der Waals surface area contributed by atoms with E-state index in [9.17, 15) is 14.4 Å². The summed E-state index contributed by atoms with van der Waals surface area (Å²) in [5.74, 6) is -1.13. The molecule has 2 unspecified atom stereocenters. The highest BCUT2D eigenvalue weighted by Gasteiger charge is 2.61. The number of nitrogens with one attached hydrogen (secondary N) is 1. The summed E-state index contributed by atoms with van der Waals surface area (Å²) in [5.41, 5.74) is -2.48. The van der Waals surface area contributed by atoms with Crippen LogP contribution >= 0.6 is 0 Å². The lowest BCUT2D eigenvalue weighted by molar-refractivity contribution is -0.157. The SMILES string of the molecule is CC(C)(C)OC(=O)NC1(C=O)CC1C(=O)OC(C)(C)C. The van der Waals surface area contributed by atoms with Gasteiger partial charge in [-0.3, -0.25) is 4.79 Å². The van der Waals surface area contributed by atoms with Gasteiger partial charge in [-0.05, 0) is 48.0 Å². The molecule has 6 nitrogen and oxygen atoms in total. The van der Waals surface area contributed by atoms with Crippen LogP contribution in [0.2, 0.25) is 0 Å². The topological polar surface area (TPSA) is 81.7 Å². The maximum absolute atomic E-state index is 11.9. The van der Waals surface area contributed by atoms with Crippen molar-refractivity contribution in [3.8, 4) is 0 Å². The molecule has 6 heteroatoms.